The fraction of sp³-hybridized carbons (Fsp3) is 0.0870. The largest absolute Gasteiger partial charge is 0.248 e. The summed E-state index contributed by atoms with van der Waals surface area (Å²) in [4.78, 5) is 4.88. The van der Waals surface area contributed by atoms with Crippen molar-refractivity contribution in [3.8, 4) is 0 Å². The van der Waals surface area contributed by atoms with Crippen LogP contribution in [0.25, 0.3) is 5.57 Å². The molecule has 0 radical (unpaired) electrons. The molecule has 0 amide bonds. The van der Waals surface area contributed by atoms with E-state index in [1.807, 2.05) is 24.3 Å². The number of aliphatic imine (C=N–C) groups is 1. The minimum Gasteiger partial charge on any atom is -0.248 e. The van der Waals surface area contributed by atoms with Crippen LogP contribution in [0.4, 0.5) is 5.69 Å². The molecule has 118 valence electrons. The minimum absolute atomic E-state index is 0.969. The Balaban J connectivity index is 2.04. The molecule has 1 nitrogen and oxygen atoms in total. The fourth-order valence-electron chi connectivity index (χ4n) is 2.54. The summed E-state index contributed by atoms with van der Waals surface area (Å²) < 4.78 is 0. The molecule has 0 aliphatic rings. The molecule has 3 rings (SSSR count). The third kappa shape index (κ3) is 4.08. The first-order chi connectivity index (χ1) is 11.7. The van der Waals surface area contributed by atoms with Crippen molar-refractivity contribution < 1.29 is 0 Å². The maximum Gasteiger partial charge on any atom is 0.0712 e. The minimum atomic E-state index is 0.969. The highest BCUT2D eigenvalue weighted by molar-refractivity contribution is 6.13. The van der Waals surface area contributed by atoms with Crippen LogP contribution in [0.3, 0.4) is 0 Å². The van der Waals surface area contributed by atoms with Crippen molar-refractivity contribution in [3.63, 3.8) is 0 Å². The SMILES string of the molecule is C/C(=C/C(=Nc1ccc(C)cc1)c1ccccc1)c1ccccc1. The van der Waals surface area contributed by atoms with Crippen LogP contribution in [0, 0.1) is 6.92 Å². The maximum absolute atomic E-state index is 4.88. The number of nitrogens with zero attached hydrogens (tertiary/aromatic N) is 1. The highest BCUT2D eigenvalue weighted by atomic mass is 14.7. The Hall–Kier alpha value is -2.93. The van der Waals surface area contributed by atoms with Crippen LogP contribution >= 0.6 is 0 Å². The van der Waals surface area contributed by atoms with E-state index in [4.69, 9.17) is 4.99 Å². The van der Waals surface area contributed by atoms with Crippen molar-refractivity contribution in [2.75, 3.05) is 0 Å². The summed E-state index contributed by atoms with van der Waals surface area (Å²) in [5.41, 5.74) is 6.72. The van der Waals surface area contributed by atoms with Crippen molar-refractivity contribution in [2.24, 2.45) is 4.99 Å². The van der Waals surface area contributed by atoms with Gasteiger partial charge < -0.3 is 0 Å². The molecule has 0 atom stereocenters. The molecule has 0 bridgehead atoms. The van der Waals surface area contributed by atoms with E-state index in [1.54, 1.807) is 0 Å². The van der Waals surface area contributed by atoms with Crippen molar-refractivity contribution >= 4 is 17.0 Å². The molecule has 0 unspecified atom stereocenters. The lowest BCUT2D eigenvalue weighted by Crippen LogP contribution is -1.97. The van der Waals surface area contributed by atoms with E-state index in [1.165, 1.54) is 16.7 Å². The molecule has 3 aromatic carbocycles. The van der Waals surface area contributed by atoms with E-state index in [0.29, 0.717) is 0 Å². The third-order valence-corrected chi connectivity index (χ3v) is 3.94. The number of hydrogen-bond donors (Lipinski definition) is 0. The van der Waals surface area contributed by atoms with Crippen LogP contribution in [0.15, 0.2) is 96.0 Å². The molecule has 0 heterocycles. The van der Waals surface area contributed by atoms with Crippen LogP contribution in [0.5, 0.6) is 0 Å². The van der Waals surface area contributed by atoms with E-state index >= 15 is 0 Å². The third-order valence-electron chi connectivity index (χ3n) is 3.94. The monoisotopic (exact) mass is 311 g/mol. The van der Waals surface area contributed by atoms with Crippen molar-refractivity contribution in [3.05, 3.63) is 108 Å². The summed E-state index contributed by atoms with van der Waals surface area (Å²) in [5, 5.41) is 0. The van der Waals surface area contributed by atoms with Crippen LogP contribution in [0.2, 0.25) is 0 Å². The standard InChI is InChI=1S/C23H21N/c1-18-13-15-22(16-14-18)24-23(21-11-7-4-8-12-21)17-19(2)20-9-5-3-6-10-20/h3-17H,1-2H3/b19-17-,24-23?. The second kappa shape index (κ2) is 7.56. The Kier molecular flexibility index (Phi) is 5.02. The second-order valence-electron chi connectivity index (χ2n) is 5.89. The van der Waals surface area contributed by atoms with Gasteiger partial charge in [-0.15, -0.1) is 0 Å². The van der Waals surface area contributed by atoms with E-state index in [9.17, 15) is 0 Å². The Labute approximate surface area is 144 Å². The molecule has 0 saturated carbocycles. The molecule has 24 heavy (non-hydrogen) atoms. The molecule has 0 saturated heterocycles. The first kappa shape index (κ1) is 15.9. The topological polar surface area (TPSA) is 12.4 Å². The molecule has 0 N–H and O–H groups in total. The number of aryl methyl sites for hydroxylation is 1. The molecule has 0 fully saturated rings. The van der Waals surface area contributed by atoms with Crippen LogP contribution in [-0.4, -0.2) is 5.71 Å². The average Bonchev–Trinajstić information content (AvgIpc) is 2.64. The Morgan fingerprint density at radius 2 is 1.25 bits per heavy atom. The average molecular weight is 311 g/mol. The van der Waals surface area contributed by atoms with Gasteiger partial charge in [-0.25, -0.2) is 4.99 Å². The molecule has 0 aliphatic carbocycles. The van der Waals surface area contributed by atoms with E-state index in [2.05, 4.69) is 80.6 Å². The smallest absolute Gasteiger partial charge is 0.0712 e. The Morgan fingerprint density at radius 1 is 0.708 bits per heavy atom. The van der Waals surface area contributed by atoms with Gasteiger partial charge in [-0.1, -0.05) is 78.4 Å². The molecular weight excluding hydrogens is 290 g/mol. The van der Waals surface area contributed by atoms with Gasteiger partial charge in [0.25, 0.3) is 0 Å². The van der Waals surface area contributed by atoms with Gasteiger partial charge in [-0.05, 0) is 43.2 Å². The summed E-state index contributed by atoms with van der Waals surface area (Å²) in [6.45, 7) is 4.22. The normalized spacial score (nSPS) is 12.2. The number of rotatable bonds is 4. The maximum atomic E-state index is 4.88. The molecule has 1 heteroatoms. The zero-order valence-electron chi connectivity index (χ0n) is 14.1. The highest BCUT2D eigenvalue weighted by Gasteiger charge is 2.03. The van der Waals surface area contributed by atoms with Crippen molar-refractivity contribution in [1.82, 2.24) is 0 Å². The molecule has 0 aromatic heterocycles. The van der Waals surface area contributed by atoms with Gasteiger partial charge in [0.05, 0.1) is 11.4 Å². The van der Waals surface area contributed by atoms with Gasteiger partial charge in [-0.2, -0.15) is 0 Å². The molecule has 3 aromatic rings. The van der Waals surface area contributed by atoms with Crippen LogP contribution in [0.1, 0.15) is 23.6 Å². The second-order valence-corrected chi connectivity index (χ2v) is 5.89. The number of hydrogen-bond acceptors (Lipinski definition) is 1. The zero-order valence-corrected chi connectivity index (χ0v) is 14.1. The van der Waals surface area contributed by atoms with E-state index in [-0.39, 0.29) is 0 Å². The van der Waals surface area contributed by atoms with E-state index < -0.39 is 0 Å². The van der Waals surface area contributed by atoms with Crippen molar-refractivity contribution in [2.45, 2.75) is 13.8 Å². The van der Waals surface area contributed by atoms with Gasteiger partial charge in [0, 0.05) is 5.56 Å². The first-order valence-corrected chi connectivity index (χ1v) is 8.17. The number of allylic oxidation sites excluding steroid dienone is 2. The summed E-state index contributed by atoms with van der Waals surface area (Å²) in [5.74, 6) is 0. The van der Waals surface area contributed by atoms with Crippen LogP contribution in [-0.2, 0) is 0 Å². The zero-order chi connectivity index (χ0) is 16.8. The summed E-state index contributed by atoms with van der Waals surface area (Å²) >= 11 is 0. The fourth-order valence-corrected chi connectivity index (χ4v) is 2.54. The summed E-state index contributed by atoms with van der Waals surface area (Å²) in [7, 11) is 0. The van der Waals surface area contributed by atoms with Gasteiger partial charge in [0.2, 0.25) is 0 Å². The van der Waals surface area contributed by atoms with Gasteiger partial charge in [-0.3, -0.25) is 0 Å². The van der Waals surface area contributed by atoms with Crippen molar-refractivity contribution in [1.29, 1.82) is 0 Å². The van der Waals surface area contributed by atoms with Gasteiger partial charge >= 0.3 is 0 Å². The lowest BCUT2D eigenvalue weighted by Gasteiger charge is -2.06. The highest BCUT2D eigenvalue weighted by Crippen LogP contribution is 2.19. The Morgan fingerprint density at radius 3 is 1.83 bits per heavy atom. The summed E-state index contributed by atoms with van der Waals surface area (Å²) in [6, 6.07) is 29.0. The summed E-state index contributed by atoms with van der Waals surface area (Å²) in [6.07, 6.45) is 2.16. The van der Waals surface area contributed by atoms with Crippen LogP contribution < -0.4 is 0 Å². The Bertz CT molecular complexity index is 842. The lowest BCUT2D eigenvalue weighted by atomic mass is 10.0. The quantitative estimate of drug-likeness (QED) is 0.507. The molecule has 0 spiro atoms. The first-order valence-electron chi connectivity index (χ1n) is 8.17. The predicted octanol–water partition coefficient (Wildman–Crippen LogP) is 6.22. The molecule has 0 aliphatic heterocycles. The van der Waals surface area contributed by atoms with E-state index in [0.717, 1.165) is 17.0 Å². The van der Waals surface area contributed by atoms with Gasteiger partial charge in [0.1, 0.15) is 0 Å². The van der Waals surface area contributed by atoms with Gasteiger partial charge in [0.15, 0.2) is 0 Å². The number of benzene rings is 3. The molecular formula is C23H21N. The lowest BCUT2D eigenvalue weighted by molar-refractivity contribution is 1.43. The predicted molar refractivity (Wildman–Crippen MR) is 104 cm³/mol.